The van der Waals surface area contributed by atoms with Gasteiger partial charge in [0.15, 0.2) is 0 Å². The molecule has 0 saturated heterocycles. The van der Waals surface area contributed by atoms with Crippen molar-refractivity contribution < 1.29 is 19.7 Å². The Hall–Kier alpha value is -0.870. The summed E-state index contributed by atoms with van der Waals surface area (Å²) in [5.41, 5.74) is -0.231. The number of carbonyl (C=O) groups excluding carboxylic acids is 1. The molecule has 0 aromatic rings. The van der Waals surface area contributed by atoms with Gasteiger partial charge < -0.3 is 14.9 Å². The zero-order valence-corrected chi connectivity index (χ0v) is 19.2. The number of aliphatic hydroxyl groups is 2. The highest BCUT2D eigenvalue weighted by molar-refractivity contribution is 5.85. The summed E-state index contributed by atoms with van der Waals surface area (Å²) in [5, 5.41) is 23.8. The Morgan fingerprint density at radius 2 is 1.83 bits per heavy atom. The number of cyclic esters (lactones) is 1. The van der Waals surface area contributed by atoms with Gasteiger partial charge in [0, 0.05) is 11.5 Å². The van der Waals surface area contributed by atoms with Crippen LogP contribution in [0.5, 0.6) is 0 Å². The maximum atomic E-state index is 12.3. The first-order valence-corrected chi connectivity index (χ1v) is 12.4. The molecule has 0 amide bonds. The molecule has 4 fully saturated rings. The Balaban J connectivity index is 1.47. The fourth-order valence-electron chi connectivity index (χ4n) is 9.03. The monoisotopic (exact) mass is 416 g/mol. The first-order chi connectivity index (χ1) is 14.1. The van der Waals surface area contributed by atoms with Crippen LogP contribution in [0.1, 0.15) is 79.1 Å². The smallest absolute Gasteiger partial charge is 0.331 e. The van der Waals surface area contributed by atoms with Crippen LogP contribution in [0, 0.1) is 46.3 Å². The third-order valence-corrected chi connectivity index (χ3v) is 11.1. The predicted molar refractivity (Wildman–Crippen MR) is 115 cm³/mol. The van der Waals surface area contributed by atoms with E-state index in [0.29, 0.717) is 12.5 Å². The van der Waals surface area contributed by atoms with Crippen molar-refractivity contribution in [3.63, 3.8) is 0 Å². The van der Waals surface area contributed by atoms with Gasteiger partial charge in [0.1, 0.15) is 6.61 Å². The van der Waals surface area contributed by atoms with E-state index in [2.05, 4.69) is 27.7 Å². The fraction of sp³-hybridized carbons (Fsp3) is 0.885. The molecule has 0 aromatic heterocycles. The molecular weight excluding hydrogens is 376 g/mol. The van der Waals surface area contributed by atoms with Crippen molar-refractivity contribution in [3.05, 3.63) is 11.6 Å². The SMILES string of the molecule is CC(C)C1CC[C@@]2(C)[C@H](CC[C@@H]3[C@@H]2C[C@@H](O)[C@]2(C)[C@@H](C4=CC(=O)OC4)CC[C@]32O)C1. The van der Waals surface area contributed by atoms with Gasteiger partial charge in [0.25, 0.3) is 0 Å². The molecule has 0 aromatic carbocycles. The van der Waals surface area contributed by atoms with Crippen molar-refractivity contribution in [1.82, 2.24) is 0 Å². The van der Waals surface area contributed by atoms with Crippen LogP contribution in [0.15, 0.2) is 11.6 Å². The minimum Gasteiger partial charge on any atom is -0.458 e. The van der Waals surface area contributed by atoms with E-state index in [1.807, 2.05) is 0 Å². The van der Waals surface area contributed by atoms with Gasteiger partial charge >= 0.3 is 5.97 Å². The summed E-state index contributed by atoms with van der Waals surface area (Å²) >= 11 is 0. The Morgan fingerprint density at radius 3 is 2.50 bits per heavy atom. The Labute approximate surface area is 181 Å². The lowest BCUT2D eigenvalue weighted by molar-refractivity contribution is -0.244. The summed E-state index contributed by atoms with van der Waals surface area (Å²) in [6.45, 7) is 9.62. The van der Waals surface area contributed by atoms with Gasteiger partial charge in [-0.3, -0.25) is 0 Å². The van der Waals surface area contributed by atoms with E-state index in [4.69, 9.17) is 4.74 Å². The third-order valence-electron chi connectivity index (χ3n) is 11.1. The van der Waals surface area contributed by atoms with Crippen molar-refractivity contribution in [3.8, 4) is 0 Å². The molecule has 30 heavy (non-hydrogen) atoms. The highest BCUT2D eigenvalue weighted by atomic mass is 16.5. The van der Waals surface area contributed by atoms with Crippen LogP contribution in [0.4, 0.5) is 0 Å². The predicted octanol–water partition coefficient (Wildman–Crippen LogP) is 4.49. The summed E-state index contributed by atoms with van der Waals surface area (Å²) in [4.78, 5) is 11.7. The number of fused-ring (bicyclic) bond motifs is 5. The molecule has 0 radical (unpaired) electrons. The van der Waals surface area contributed by atoms with Crippen LogP contribution in [0.25, 0.3) is 0 Å². The van der Waals surface area contributed by atoms with Gasteiger partial charge in [-0.1, -0.05) is 27.7 Å². The van der Waals surface area contributed by atoms with Crippen LogP contribution in [0.3, 0.4) is 0 Å². The van der Waals surface area contributed by atoms with Crippen LogP contribution in [-0.4, -0.2) is 34.5 Å². The number of hydrogen-bond donors (Lipinski definition) is 2. The molecule has 4 heteroatoms. The van der Waals surface area contributed by atoms with E-state index < -0.39 is 17.1 Å². The van der Waals surface area contributed by atoms with Crippen LogP contribution < -0.4 is 0 Å². The topological polar surface area (TPSA) is 66.8 Å². The molecule has 168 valence electrons. The zero-order chi connectivity index (χ0) is 21.5. The van der Waals surface area contributed by atoms with E-state index in [1.54, 1.807) is 6.08 Å². The van der Waals surface area contributed by atoms with E-state index in [0.717, 1.165) is 49.0 Å². The van der Waals surface area contributed by atoms with Crippen LogP contribution in [-0.2, 0) is 9.53 Å². The summed E-state index contributed by atoms with van der Waals surface area (Å²) in [5.74, 6) is 2.70. The number of rotatable bonds is 2. The number of hydrogen-bond acceptors (Lipinski definition) is 4. The van der Waals surface area contributed by atoms with Crippen molar-refractivity contribution in [1.29, 1.82) is 0 Å². The molecular formula is C26H40O4. The number of aliphatic hydroxyl groups excluding tert-OH is 1. The highest BCUT2D eigenvalue weighted by Crippen LogP contribution is 2.70. The highest BCUT2D eigenvalue weighted by Gasteiger charge is 2.70. The normalized spacial score (nSPS) is 53.0. The minimum absolute atomic E-state index is 0.0344. The largest absolute Gasteiger partial charge is 0.458 e. The second kappa shape index (κ2) is 6.81. The molecule has 4 aliphatic carbocycles. The minimum atomic E-state index is -0.852. The van der Waals surface area contributed by atoms with E-state index >= 15 is 0 Å². The Kier molecular flexibility index (Phi) is 4.77. The van der Waals surface area contributed by atoms with E-state index in [-0.39, 0.29) is 23.2 Å². The number of carbonyl (C=O) groups is 1. The first kappa shape index (κ1) is 21.0. The summed E-state index contributed by atoms with van der Waals surface area (Å²) in [6, 6.07) is 0. The maximum absolute atomic E-state index is 12.3. The third kappa shape index (κ3) is 2.62. The second-order valence-electron chi connectivity index (χ2n) is 12.1. The number of ether oxygens (including phenoxy) is 1. The average molecular weight is 417 g/mol. The summed E-state index contributed by atoms with van der Waals surface area (Å²) in [6.07, 6.45) is 9.57. The van der Waals surface area contributed by atoms with Gasteiger partial charge in [-0.05, 0) is 97.9 Å². The van der Waals surface area contributed by atoms with Crippen molar-refractivity contribution in [2.24, 2.45) is 46.3 Å². The Morgan fingerprint density at radius 1 is 1.07 bits per heavy atom. The second-order valence-corrected chi connectivity index (χ2v) is 12.1. The lowest BCUT2D eigenvalue weighted by Gasteiger charge is -2.65. The van der Waals surface area contributed by atoms with Gasteiger partial charge in [-0.15, -0.1) is 0 Å². The van der Waals surface area contributed by atoms with E-state index in [1.165, 1.54) is 25.7 Å². The van der Waals surface area contributed by atoms with Gasteiger partial charge in [0.2, 0.25) is 0 Å². The van der Waals surface area contributed by atoms with Crippen molar-refractivity contribution >= 4 is 5.97 Å². The fourth-order valence-corrected chi connectivity index (χ4v) is 9.03. The molecule has 4 nitrogen and oxygen atoms in total. The molecule has 2 N–H and O–H groups in total. The van der Waals surface area contributed by atoms with Crippen molar-refractivity contribution in [2.45, 2.75) is 90.8 Å². The van der Waals surface area contributed by atoms with Gasteiger partial charge in [-0.25, -0.2) is 4.79 Å². The molecule has 0 spiro atoms. The van der Waals surface area contributed by atoms with Crippen molar-refractivity contribution in [2.75, 3.05) is 6.61 Å². The van der Waals surface area contributed by atoms with Gasteiger partial charge in [-0.2, -0.15) is 0 Å². The lowest BCUT2D eigenvalue weighted by Crippen LogP contribution is -2.66. The zero-order valence-electron chi connectivity index (χ0n) is 19.2. The van der Waals surface area contributed by atoms with E-state index in [9.17, 15) is 15.0 Å². The quantitative estimate of drug-likeness (QED) is 0.651. The molecule has 1 unspecified atom stereocenters. The Bertz CT molecular complexity index is 758. The van der Waals surface area contributed by atoms with Crippen LogP contribution in [0.2, 0.25) is 0 Å². The maximum Gasteiger partial charge on any atom is 0.331 e. The standard InChI is InChI=1S/C26H40O4/c1-15(2)16-7-9-24(3)18(11-16)5-6-20-21(24)13-22(27)25(4)19(8-10-26(20,25)29)17-12-23(28)30-14-17/h12,15-16,18-22,27,29H,5-11,13-14H2,1-4H3/t16?,18-,19-,20-,21+,22-,24+,25+,26+/m1/s1. The van der Waals surface area contributed by atoms with Gasteiger partial charge in [0.05, 0.1) is 11.7 Å². The molecule has 5 aliphatic rings. The molecule has 5 rings (SSSR count). The lowest BCUT2D eigenvalue weighted by atomic mass is 9.42. The first-order valence-electron chi connectivity index (χ1n) is 12.4. The molecule has 1 heterocycles. The molecule has 9 atom stereocenters. The average Bonchev–Trinajstić information content (AvgIpc) is 3.23. The molecule has 0 bridgehead atoms. The number of esters is 1. The van der Waals surface area contributed by atoms with Crippen LogP contribution >= 0.6 is 0 Å². The molecule has 4 saturated carbocycles. The molecule has 1 aliphatic heterocycles. The summed E-state index contributed by atoms with van der Waals surface area (Å²) < 4.78 is 5.20. The summed E-state index contributed by atoms with van der Waals surface area (Å²) in [7, 11) is 0.